The molecular formula is C11H7FN2O. The average molecular weight is 202 g/mol. The Kier molecular flexibility index (Phi) is 2.49. The summed E-state index contributed by atoms with van der Waals surface area (Å²) in [5.74, 6) is -0.771. The molecule has 0 aliphatic carbocycles. The number of carbonyl (C=O) groups excluding carboxylic acids is 1. The van der Waals surface area contributed by atoms with Crippen LogP contribution >= 0.6 is 0 Å². The third-order valence-electron chi connectivity index (χ3n) is 1.88. The van der Waals surface area contributed by atoms with Gasteiger partial charge in [0, 0.05) is 18.0 Å². The highest BCUT2D eigenvalue weighted by atomic mass is 19.1. The van der Waals surface area contributed by atoms with E-state index in [1.807, 2.05) is 0 Å². The Balaban J connectivity index is 2.37. The van der Waals surface area contributed by atoms with Crippen molar-refractivity contribution < 1.29 is 9.18 Å². The molecule has 0 unspecified atom stereocenters. The molecule has 2 aromatic rings. The highest BCUT2D eigenvalue weighted by molar-refractivity contribution is 6.07. The Morgan fingerprint density at radius 3 is 2.80 bits per heavy atom. The first-order valence-electron chi connectivity index (χ1n) is 4.33. The molecule has 0 amide bonds. The van der Waals surface area contributed by atoms with Crippen molar-refractivity contribution in [3.8, 4) is 0 Å². The van der Waals surface area contributed by atoms with Gasteiger partial charge in [-0.25, -0.2) is 9.37 Å². The molecule has 0 saturated heterocycles. The van der Waals surface area contributed by atoms with E-state index in [1.165, 1.54) is 36.8 Å². The molecular weight excluding hydrogens is 195 g/mol. The number of carbonyl (C=O) groups is 1. The second kappa shape index (κ2) is 3.96. The molecule has 0 radical (unpaired) electrons. The predicted octanol–water partition coefficient (Wildman–Crippen LogP) is 1.85. The van der Waals surface area contributed by atoms with Crippen molar-refractivity contribution in [1.29, 1.82) is 0 Å². The number of hydrogen-bond acceptors (Lipinski definition) is 3. The molecule has 1 aromatic heterocycles. The van der Waals surface area contributed by atoms with Crippen LogP contribution in [0.15, 0.2) is 42.9 Å². The summed E-state index contributed by atoms with van der Waals surface area (Å²) in [7, 11) is 0. The van der Waals surface area contributed by atoms with E-state index in [4.69, 9.17) is 0 Å². The van der Waals surface area contributed by atoms with Crippen LogP contribution in [-0.2, 0) is 0 Å². The number of benzene rings is 1. The quantitative estimate of drug-likeness (QED) is 0.698. The topological polar surface area (TPSA) is 42.9 Å². The van der Waals surface area contributed by atoms with Gasteiger partial charge in [0.1, 0.15) is 11.5 Å². The van der Waals surface area contributed by atoms with Gasteiger partial charge in [-0.15, -0.1) is 0 Å². The Labute approximate surface area is 85.6 Å². The van der Waals surface area contributed by atoms with E-state index in [9.17, 15) is 9.18 Å². The first-order valence-corrected chi connectivity index (χ1v) is 4.33. The van der Waals surface area contributed by atoms with Gasteiger partial charge in [0.2, 0.25) is 5.78 Å². The van der Waals surface area contributed by atoms with Crippen LogP contribution in [0.4, 0.5) is 4.39 Å². The van der Waals surface area contributed by atoms with E-state index in [-0.39, 0.29) is 17.0 Å². The molecule has 3 nitrogen and oxygen atoms in total. The van der Waals surface area contributed by atoms with Crippen LogP contribution in [0.5, 0.6) is 0 Å². The second-order valence-corrected chi connectivity index (χ2v) is 2.93. The fourth-order valence-electron chi connectivity index (χ4n) is 1.19. The first kappa shape index (κ1) is 9.45. The Hall–Kier alpha value is -2.10. The predicted molar refractivity (Wildman–Crippen MR) is 51.9 cm³/mol. The lowest BCUT2D eigenvalue weighted by molar-refractivity contribution is 0.103. The maximum atomic E-state index is 12.9. The van der Waals surface area contributed by atoms with Gasteiger partial charge in [0.15, 0.2) is 0 Å². The molecule has 0 fully saturated rings. The van der Waals surface area contributed by atoms with E-state index >= 15 is 0 Å². The summed E-state index contributed by atoms with van der Waals surface area (Å²) in [6.07, 6.45) is 4.25. The molecule has 0 aliphatic heterocycles. The third kappa shape index (κ3) is 2.04. The van der Waals surface area contributed by atoms with Crippen molar-refractivity contribution in [2.45, 2.75) is 0 Å². The molecule has 1 aromatic carbocycles. The summed E-state index contributed by atoms with van der Waals surface area (Å²) >= 11 is 0. The Morgan fingerprint density at radius 1 is 1.27 bits per heavy atom. The maximum absolute atomic E-state index is 12.9. The normalized spacial score (nSPS) is 9.93. The number of rotatable bonds is 2. The minimum atomic E-state index is -0.440. The number of halogens is 1. The molecule has 0 saturated carbocycles. The van der Waals surface area contributed by atoms with E-state index in [1.54, 1.807) is 6.07 Å². The van der Waals surface area contributed by atoms with Gasteiger partial charge in [-0.3, -0.25) is 9.78 Å². The van der Waals surface area contributed by atoms with Crippen LogP contribution in [0.2, 0.25) is 0 Å². The molecule has 4 heteroatoms. The van der Waals surface area contributed by atoms with Gasteiger partial charge in [-0.2, -0.15) is 0 Å². The van der Waals surface area contributed by atoms with Crippen LogP contribution in [-0.4, -0.2) is 15.8 Å². The molecule has 1 heterocycles. The lowest BCUT2D eigenvalue weighted by atomic mass is 10.1. The largest absolute Gasteiger partial charge is 0.287 e. The van der Waals surface area contributed by atoms with Crippen molar-refractivity contribution in [3.05, 3.63) is 59.9 Å². The van der Waals surface area contributed by atoms with Gasteiger partial charge in [0.25, 0.3) is 0 Å². The third-order valence-corrected chi connectivity index (χ3v) is 1.88. The molecule has 2 rings (SSSR count). The maximum Gasteiger partial charge on any atom is 0.213 e. The average Bonchev–Trinajstić information content (AvgIpc) is 2.29. The standard InChI is InChI=1S/C11H7FN2O/c12-9-3-1-2-8(6-9)11(15)10-7-13-4-5-14-10/h1-7H. The van der Waals surface area contributed by atoms with E-state index < -0.39 is 5.82 Å². The lowest BCUT2D eigenvalue weighted by Gasteiger charge is -1.98. The van der Waals surface area contributed by atoms with Crippen molar-refractivity contribution in [3.63, 3.8) is 0 Å². The van der Waals surface area contributed by atoms with Gasteiger partial charge in [0.05, 0.1) is 6.20 Å². The van der Waals surface area contributed by atoms with Crippen molar-refractivity contribution in [2.24, 2.45) is 0 Å². The van der Waals surface area contributed by atoms with E-state index in [0.29, 0.717) is 0 Å². The molecule has 0 bridgehead atoms. The fourth-order valence-corrected chi connectivity index (χ4v) is 1.19. The Morgan fingerprint density at radius 2 is 2.13 bits per heavy atom. The summed E-state index contributed by atoms with van der Waals surface area (Å²) in [6, 6.07) is 5.49. The number of hydrogen-bond donors (Lipinski definition) is 0. The molecule has 74 valence electrons. The molecule has 15 heavy (non-hydrogen) atoms. The zero-order chi connectivity index (χ0) is 10.7. The number of aromatic nitrogens is 2. The number of nitrogens with zero attached hydrogens (tertiary/aromatic N) is 2. The SMILES string of the molecule is O=C(c1cccc(F)c1)c1cnccn1. The highest BCUT2D eigenvalue weighted by Crippen LogP contribution is 2.08. The van der Waals surface area contributed by atoms with Crippen LogP contribution in [0.25, 0.3) is 0 Å². The minimum Gasteiger partial charge on any atom is -0.287 e. The van der Waals surface area contributed by atoms with E-state index in [2.05, 4.69) is 9.97 Å². The van der Waals surface area contributed by atoms with E-state index in [0.717, 1.165) is 0 Å². The van der Waals surface area contributed by atoms with Crippen LogP contribution in [0.1, 0.15) is 16.1 Å². The molecule has 0 N–H and O–H groups in total. The van der Waals surface area contributed by atoms with Crippen LogP contribution in [0.3, 0.4) is 0 Å². The van der Waals surface area contributed by atoms with Gasteiger partial charge >= 0.3 is 0 Å². The van der Waals surface area contributed by atoms with Crippen molar-refractivity contribution in [2.75, 3.05) is 0 Å². The summed E-state index contributed by atoms with van der Waals surface area (Å²) < 4.78 is 12.9. The van der Waals surface area contributed by atoms with Crippen molar-refractivity contribution in [1.82, 2.24) is 9.97 Å². The lowest BCUT2D eigenvalue weighted by Crippen LogP contribution is -2.04. The van der Waals surface area contributed by atoms with Crippen molar-refractivity contribution >= 4 is 5.78 Å². The zero-order valence-electron chi connectivity index (χ0n) is 7.72. The highest BCUT2D eigenvalue weighted by Gasteiger charge is 2.10. The molecule has 0 spiro atoms. The smallest absolute Gasteiger partial charge is 0.213 e. The Bertz CT molecular complexity index is 485. The monoisotopic (exact) mass is 202 g/mol. The van der Waals surface area contributed by atoms with Crippen LogP contribution in [0, 0.1) is 5.82 Å². The fraction of sp³-hybridized carbons (Fsp3) is 0. The van der Waals surface area contributed by atoms with Gasteiger partial charge in [-0.1, -0.05) is 12.1 Å². The van der Waals surface area contributed by atoms with Gasteiger partial charge < -0.3 is 0 Å². The number of ketones is 1. The summed E-state index contributed by atoms with van der Waals surface area (Å²) in [5, 5.41) is 0. The minimum absolute atomic E-state index is 0.211. The molecule has 0 aliphatic rings. The summed E-state index contributed by atoms with van der Waals surface area (Å²) in [5.41, 5.74) is 0.485. The second-order valence-electron chi connectivity index (χ2n) is 2.93. The molecule has 0 atom stereocenters. The van der Waals surface area contributed by atoms with Crippen LogP contribution < -0.4 is 0 Å². The van der Waals surface area contributed by atoms with Gasteiger partial charge in [-0.05, 0) is 12.1 Å². The summed E-state index contributed by atoms with van der Waals surface area (Å²) in [6.45, 7) is 0. The summed E-state index contributed by atoms with van der Waals surface area (Å²) in [4.78, 5) is 19.4. The zero-order valence-corrected chi connectivity index (χ0v) is 7.72. The first-order chi connectivity index (χ1) is 7.27.